The van der Waals surface area contributed by atoms with Gasteiger partial charge in [0.25, 0.3) is 0 Å². The van der Waals surface area contributed by atoms with E-state index in [0.717, 1.165) is 18.4 Å². The fourth-order valence-electron chi connectivity index (χ4n) is 4.36. The van der Waals surface area contributed by atoms with Crippen LogP contribution in [0.5, 0.6) is 0 Å². The highest BCUT2D eigenvalue weighted by Crippen LogP contribution is 2.19. The molecule has 6 nitrogen and oxygen atoms in total. The lowest BCUT2D eigenvalue weighted by Gasteiger charge is -2.30. The van der Waals surface area contributed by atoms with Crippen LogP contribution in [-0.2, 0) is 14.8 Å². The molecule has 8 heteroatoms. The Bertz CT molecular complexity index is 827. The molecule has 0 unspecified atom stereocenters. The first-order valence-electron chi connectivity index (χ1n) is 13.7. The lowest BCUT2D eigenvalue weighted by molar-refractivity contribution is 0.0681. The summed E-state index contributed by atoms with van der Waals surface area (Å²) in [5.74, 6) is 0.636. The zero-order valence-electron chi connectivity index (χ0n) is 21.6. The van der Waals surface area contributed by atoms with Crippen LogP contribution >= 0.6 is 11.6 Å². The monoisotopic (exact) mass is 527 g/mol. The lowest BCUT2D eigenvalue weighted by atomic mass is 10.0. The number of nitrogens with one attached hydrogen (secondary N) is 1. The Labute approximate surface area is 218 Å². The van der Waals surface area contributed by atoms with Crippen molar-refractivity contribution in [2.24, 2.45) is 5.10 Å². The van der Waals surface area contributed by atoms with Crippen molar-refractivity contribution >= 4 is 27.5 Å². The van der Waals surface area contributed by atoms with Crippen molar-refractivity contribution in [3.05, 3.63) is 34.9 Å². The number of amidine groups is 1. The number of rotatable bonds is 18. The van der Waals surface area contributed by atoms with Crippen molar-refractivity contribution in [2.45, 2.75) is 96.8 Å². The number of hydrazone groups is 1. The molecule has 1 aromatic rings. The Kier molecular flexibility index (Phi) is 15.4. The van der Waals surface area contributed by atoms with Crippen LogP contribution in [0.4, 0.5) is 0 Å². The van der Waals surface area contributed by atoms with Gasteiger partial charge in [-0.3, -0.25) is 0 Å². The molecule has 1 saturated heterocycles. The number of halogens is 1. The summed E-state index contributed by atoms with van der Waals surface area (Å²) in [4.78, 5) is 4.46. The highest BCUT2D eigenvalue weighted by molar-refractivity contribution is 7.89. The van der Waals surface area contributed by atoms with E-state index >= 15 is 0 Å². The zero-order valence-corrected chi connectivity index (χ0v) is 23.2. The fraction of sp³-hybridized carbons (Fsp3) is 0.741. The van der Waals surface area contributed by atoms with Gasteiger partial charge < -0.3 is 9.64 Å². The predicted octanol–water partition coefficient (Wildman–Crippen LogP) is 6.73. The van der Waals surface area contributed by atoms with E-state index in [9.17, 15) is 8.42 Å². The average molecular weight is 528 g/mol. The molecule has 1 aromatic carbocycles. The van der Waals surface area contributed by atoms with Gasteiger partial charge in [0, 0.05) is 18.7 Å². The molecule has 0 amide bonds. The molecule has 1 aliphatic heterocycles. The maximum Gasteiger partial charge on any atom is 0.247 e. The molecule has 200 valence electrons. The van der Waals surface area contributed by atoms with Gasteiger partial charge in [-0.05, 0) is 18.6 Å². The lowest BCUT2D eigenvalue weighted by Crippen LogP contribution is -2.42. The van der Waals surface area contributed by atoms with Gasteiger partial charge in [0.2, 0.25) is 10.0 Å². The summed E-state index contributed by atoms with van der Waals surface area (Å²) in [6, 6.07) is 7.37. The molecule has 1 N–H and O–H groups in total. The number of sulfonamides is 1. The van der Waals surface area contributed by atoms with Crippen LogP contribution in [0.15, 0.2) is 29.4 Å². The molecule has 0 aliphatic carbocycles. The summed E-state index contributed by atoms with van der Waals surface area (Å²) < 4.78 is 30.5. The number of unbranched alkanes of at least 4 members (excludes halogenated alkanes) is 13. The Morgan fingerprint density at radius 3 is 1.94 bits per heavy atom. The van der Waals surface area contributed by atoms with E-state index in [1.54, 1.807) is 6.07 Å². The van der Waals surface area contributed by atoms with Crippen LogP contribution in [0.25, 0.3) is 0 Å². The highest BCUT2D eigenvalue weighted by Gasteiger charge is 2.20. The second-order valence-corrected chi connectivity index (χ2v) is 11.7. The third kappa shape index (κ3) is 13.0. The first-order chi connectivity index (χ1) is 17.0. The maximum absolute atomic E-state index is 12.6. The summed E-state index contributed by atoms with van der Waals surface area (Å²) in [6.07, 6.45) is 17.4. The summed E-state index contributed by atoms with van der Waals surface area (Å²) in [5.41, 5.74) is 0.718. The van der Waals surface area contributed by atoms with Gasteiger partial charge in [-0.2, -0.15) is 0 Å². The maximum atomic E-state index is 12.6. The van der Waals surface area contributed by atoms with E-state index in [1.165, 1.54) is 70.6 Å². The topological polar surface area (TPSA) is 71.0 Å². The largest absolute Gasteiger partial charge is 0.378 e. The molecule has 1 fully saturated rings. The average Bonchev–Trinajstić information content (AvgIpc) is 2.86. The Hall–Kier alpha value is -1.31. The number of nitrogens with zero attached hydrogens (tertiary/aromatic N) is 2. The normalized spacial score (nSPS) is 14.9. The minimum atomic E-state index is -3.49. The second kappa shape index (κ2) is 18.0. The first-order valence-corrected chi connectivity index (χ1v) is 15.7. The van der Waals surface area contributed by atoms with E-state index < -0.39 is 10.0 Å². The van der Waals surface area contributed by atoms with E-state index in [0.29, 0.717) is 43.6 Å². The van der Waals surface area contributed by atoms with Crippen LogP contribution in [0, 0.1) is 0 Å². The van der Waals surface area contributed by atoms with Gasteiger partial charge in [-0.25, -0.2) is 13.2 Å². The summed E-state index contributed by atoms with van der Waals surface area (Å²) in [7, 11) is -3.49. The van der Waals surface area contributed by atoms with E-state index in [1.807, 2.05) is 23.1 Å². The number of benzene rings is 1. The van der Waals surface area contributed by atoms with Gasteiger partial charge in [-0.1, -0.05) is 114 Å². The van der Waals surface area contributed by atoms with E-state index in [2.05, 4.69) is 16.9 Å². The Balaban J connectivity index is 1.64. The molecule has 1 aliphatic rings. The van der Waals surface area contributed by atoms with Crippen LogP contribution in [0.2, 0.25) is 5.02 Å². The van der Waals surface area contributed by atoms with Crippen molar-refractivity contribution in [1.82, 2.24) is 9.73 Å². The third-order valence-corrected chi connectivity index (χ3v) is 8.01. The van der Waals surface area contributed by atoms with E-state index in [4.69, 9.17) is 16.3 Å². The molecule has 1 heterocycles. The molecular weight excluding hydrogens is 482 g/mol. The summed E-state index contributed by atoms with van der Waals surface area (Å²) >= 11 is 6.37. The number of morpholine rings is 1. The first kappa shape index (κ1) is 29.9. The standard InChI is InChI=1S/C27H46ClN3O3S/c1-2-3-4-5-6-7-8-9-10-11-12-13-14-17-24-35(32,33)30-29-27(31-20-22-34-23-21-31)25-18-15-16-19-26(25)28/h15-16,18-19,30H,2-14,17,20-24H2,1H3/b29-27+. The molecule has 35 heavy (non-hydrogen) atoms. The van der Waals surface area contributed by atoms with Crippen LogP contribution in [0.1, 0.15) is 102 Å². The predicted molar refractivity (Wildman–Crippen MR) is 148 cm³/mol. The zero-order chi connectivity index (χ0) is 25.2. The second-order valence-electron chi connectivity index (χ2n) is 9.52. The van der Waals surface area contributed by atoms with Crippen LogP contribution in [0.3, 0.4) is 0 Å². The molecule has 0 saturated carbocycles. The van der Waals surface area contributed by atoms with Gasteiger partial charge in [0.05, 0.1) is 24.0 Å². The molecule has 0 aromatic heterocycles. The quantitative estimate of drug-likeness (QED) is 0.0993. The van der Waals surface area contributed by atoms with Gasteiger partial charge in [-0.15, -0.1) is 5.10 Å². The van der Waals surface area contributed by atoms with Crippen LogP contribution in [-0.4, -0.2) is 51.2 Å². The van der Waals surface area contributed by atoms with Crippen molar-refractivity contribution < 1.29 is 13.2 Å². The molecule has 0 spiro atoms. The Morgan fingerprint density at radius 2 is 1.40 bits per heavy atom. The molecular formula is C27H46ClN3O3S. The van der Waals surface area contributed by atoms with Crippen molar-refractivity contribution in [2.75, 3.05) is 32.1 Å². The van der Waals surface area contributed by atoms with E-state index in [-0.39, 0.29) is 5.75 Å². The van der Waals surface area contributed by atoms with Crippen LogP contribution < -0.4 is 4.83 Å². The van der Waals surface area contributed by atoms with Gasteiger partial charge in [0.15, 0.2) is 5.84 Å². The van der Waals surface area contributed by atoms with Crippen molar-refractivity contribution in [3.63, 3.8) is 0 Å². The summed E-state index contributed by atoms with van der Waals surface area (Å²) in [6.45, 7) is 4.70. The van der Waals surface area contributed by atoms with Gasteiger partial charge in [0.1, 0.15) is 0 Å². The Morgan fingerprint density at radius 1 is 0.886 bits per heavy atom. The molecule has 0 bridgehead atoms. The smallest absolute Gasteiger partial charge is 0.247 e. The SMILES string of the molecule is CCCCCCCCCCCCCCCCS(=O)(=O)N/N=C(\c1ccccc1Cl)N1CCOCC1. The minimum Gasteiger partial charge on any atom is -0.378 e. The van der Waals surface area contributed by atoms with Crippen molar-refractivity contribution in [1.29, 1.82) is 0 Å². The molecule has 0 atom stereocenters. The fourth-order valence-corrected chi connectivity index (χ4v) is 5.49. The minimum absolute atomic E-state index is 0.0907. The van der Waals surface area contributed by atoms with Gasteiger partial charge >= 0.3 is 0 Å². The third-order valence-electron chi connectivity index (χ3n) is 6.48. The van der Waals surface area contributed by atoms with Crippen molar-refractivity contribution in [3.8, 4) is 0 Å². The number of ether oxygens (including phenoxy) is 1. The number of hydrogen-bond acceptors (Lipinski definition) is 4. The highest BCUT2D eigenvalue weighted by atomic mass is 35.5. The molecule has 2 rings (SSSR count). The number of hydrogen-bond donors (Lipinski definition) is 1. The molecule has 0 radical (unpaired) electrons. The summed E-state index contributed by atoms with van der Waals surface area (Å²) in [5, 5.41) is 4.84.